The summed E-state index contributed by atoms with van der Waals surface area (Å²) in [5, 5.41) is 10.1. The maximum Gasteiger partial charge on any atom is 0.0743 e. The molecule has 3 aliphatic rings. The second-order valence-electron chi connectivity index (χ2n) is 14.2. The van der Waals surface area contributed by atoms with Crippen LogP contribution in [0.15, 0.2) is 126 Å². The van der Waals surface area contributed by atoms with Crippen LogP contribution >= 0.6 is 34.0 Å². The van der Waals surface area contributed by atoms with Crippen molar-refractivity contribution < 1.29 is 0 Å². The van der Waals surface area contributed by atoms with E-state index in [9.17, 15) is 0 Å². The number of aryl methyl sites for hydroxylation is 2. The van der Waals surface area contributed by atoms with Crippen LogP contribution in [0.1, 0.15) is 44.5 Å². The minimum atomic E-state index is -0.352. The van der Waals surface area contributed by atoms with Gasteiger partial charge in [0.1, 0.15) is 0 Å². The highest BCUT2D eigenvalue weighted by Gasteiger charge is 2.52. The molecule has 0 bridgehead atoms. The summed E-state index contributed by atoms with van der Waals surface area (Å²) < 4.78 is 2.69. The average Bonchev–Trinajstić information content (AvgIpc) is 3.98. The molecule has 0 saturated heterocycles. The first-order chi connectivity index (χ1) is 25.1. The van der Waals surface area contributed by atoms with Gasteiger partial charge in [-0.25, -0.2) is 0 Å². The molecule has 9 aromatic rings. The molecule has 0 aliphatic heterocycles. The largest absolute Gasteiger partial charge is 0.309 e. The summed E-state index contributed by atoms with van der Waals surface area (Å²) in [6, 6.07) is 44.0. The lowest BCUT2D eigenvalue weighted by Gasteiger charge is -2.39. The molecular weight excluding hydrogens is 675 g/mol. The number of benzene rings is 6. The Bertz CT molecular complexity index is 2920. The SMILES string of the molecule is Cc1cccc(N(c2cccc(C)c2)c2cccc3c2sc2c4c(ccc23)C2(c3ccsc3-c3sccc32)c2ccc3c5c(ccc-4c25)C=C3)c1. The molecular formula is C47H29NS3. The Balaban J connectivity index is 1.23. The van der Waals surface area contributed by atoms with Crippen molar-refractivity contribution in [3.05, 3.63) is 171 Å². The number of thiophene rings is 3. The molecule has 0 unspecified atom stereocenters. The van der Waals surface area contributed by atoms with Crippen molar-refractivity contribution >= 4 is 94.2 Å². The molecule has 3 aliphatic carbocycles. The first kappa shape index (κ1) is 28.4. The fourth-order valence-corrected chi connectivity index (χ4v) is 13.0. The Morgan fingerprint density at radius 2 is 1.16 bits per heavy atom. The molecule has 6 aromatic carbocycles. The van der Waals surface area contributed by atoms with E-state index in [0.29, 0.717) is 0 Å². The van der Waals surface area contributed by atoms with Crippen molar-refractivity contribution in [1.29, 1.82) is 0 Å². The van der Waals surface area contributed by atoms with Crippen LogP contribution in [-0.4, -0.2) is 0 Å². The predicted molar refractivity (Wildman–Crippen MR) is 222 cm³/mol. The standard InChI is InChI=1S/C47H29NS3/c1-26-6-3-8-30(24-26)48(31-9-4-7-27(2)25-31)39-11-5-10-32-33-17-19-36-42(44(33)51-43(32)39)34-16-14-28-12-13-29-15-18-35(41(34)40(28)29)47(36)37-20-22-49-45(37)46-38(47)21-23-50-46/h3-25H,1-2H3. The Morgan fingerprint density at radius 3 is 1.84 bits per heavy atom. The minimum absolute atomic E-state index is 0.352. The van der Waals surface area contributed by atoms with E-state index in [-0.39, 0.29) is 5.41 Å². The van der Waals surface area contributed by atoms with E-state index in [1.165, 1.54) is 113 Å². The van der Waals surface area contributed by atoms with Crippen LogP contribution in [-0.2, 0) is 5.41 Å². The van der Waals surface area contributed by atoms with Gasteiger partial charge in [-0.1, -0.05) is 84.9 Å². The van der Waals surface area contributed by atoms with Gasteiger partial charge in [-0.3, -0.25) is 0 Å². The van der Waals surface area contributed by atoms with Crippen LogP contribution in [0.25, 0.3) is 64.0 Å². The molecule has 4 heteroatoms. The Kier molecular flexibility index (Phi) is 5.55. The maximum atomic E-state index is 2.48. The van der Waals surface area contributed by atoms with E-state index >= 15 is 0 Å². The molecule has 240 valence electrons. The molecule has 0 N–H and O–H groups in total. The summed E-state index contributed by atoms with van der Waals surface area (Å²) in [5.41, 5.74) is 16.9. The van der Waals surface area contributed by atoms with Crippen LogP contribution in [0.4, 0.5) is 17.1 Å². The molecule has 0 radical (unpaired) electrons. The van der Waals surface area contributed by atoms with Gasteiger partial charge in [-0.2, -0.15) is 0 Å². The van der Waals surface area contributed by atoms with Crippen molar-refractivity contribution in [3.8, 4) is 20.9 Å². The fraction of sp³-hybridized carbons (Fsp3) is 0.0638. The zero-order valence-electron chi connectivity index (χ0n) is 28.0. The van der Waals surface area contributed by atoms with Gasteiger partial charge in [0.05, 0.1) is 15.8 Å². The van der Waals surface area contributed by atoms with Crippen molar-refractivity contribution in [1.82, 2.24) is 0 Å². The third kappa shape index (κ3) is 3.50. The highest BCUT2D eigenvalue weighted by Crippen LogP contribution is 2.66. The summed E-state index contributed by atoms with van der Waals surface area (Å²) in [6.07, 6.45) is 4.61. The van der Waals surface area contributed by atoms with E-state index in [0.717, 1.165) is 0 Å². The van der Waals surface area contributed by atoms with Gasteiger partial charge in [0.15, 0.2) is 0 Å². The van der Waals surface area contributed by atoms with E-state index in [1.54, 1.807) is 0 Å². The number of anilines is 3. The van der Waals surface area contributed by atoms with E-state index in [1.807, 2.05) is 34.0 Å². The first-order valence-electron chi connectivity index (χ1n) is 17.5. The summed E-state index contributed by atoms with van der Waals surface area (Å²) in [4.78, 5) is 5.32. The van der Waals surface area contributed by atoms with Crippen molar-refractivity contribution in [2.75, 3.05) is 4.90 Å². The molecule has 1 nitrogen and oxygen atoms in total. The van der Waals surface area contributed by atoms with Crippen LogP contribution in [0, 0.1) is 13.8 Å². The van der Waals surface area contributed by atoms with Crippen LogP contribution in [0.5, 0.6) is 0 Å². The summed E-state index contributed by atoms with van der Waals surface area (Å²) in [6.45, 7) is 4.37. The zero-order chi connectivity index (χ0) is 33.6. The molecule has 0 saturated carbocycles. The third-order valence-corrected chi connectivity index (χ3v) is 14.8. The van der Waals surface area contributed by atoms with E-state index < -0.39 is 0 Å². The van der Waals surface area contributed by atoms with E-state index in [2.05, 4.69) is 157 Å². The number of hydrogen-bond acceptors (Lipinski definition) is 4. The van der Waals surface area contributed by atoms with Crippen molar-refractivity contribution in [2.24, 2.45) is 0 Å². The zero-order valence-corrected chi connectivity index (χ0v) is 30.4. The maximum absolute atomic E-state index is 2.48. The Morgan fingerprint density at radius 1 is 0.529 bits per heavy atom. The van der Waals surface area contributed by atoms with Gasteiger partial charge in [0.25, 0.3) is 0 Å². The number of nitrogens with zero attached hydrogens (tertiary/aromatic N) is 1. The lowest BCUT2D eigenvalue weighted by Crippen LogP contribution is -2.31. The average molecular weight is 704 g/mol. The molecule has 51 heavy (non-hydrogen) atoms. The highest BCUT2D eigenvalue weighted by molar-refractivity contribution is 7.27. The third-order valence-electron chi connectivity index (χ3n) is 11.5. The van der Waals surface area contributed by atoms with Gasteiger partial charge in [-0.15, -0.1) is 34.0 Å². The smallest absolute Gasteiger partial charge is 0.0743 e. The number of hydrogen-bond donors (Lipinski definition) is 0. The van der Waals surface area contributed by atoms with Gasteiger partial charge in [-0.05, 0) is 128 Å². The Hall–Kier alpha value is -5.26. The number of fused-ring (bicyclic) bond motifs is 13. The molecule has 3 aromatic heterocycles. The molecule has 12 rings (SSSR count). The van der Waals surface area contributed by atoms with Gasteiger partial charge in [0, 0.05) is 42.2 Å². The van der Waals surface area contributed by atoms with Gasteiger partial charge < -0.3 is 4.90 Å². The quantitative estimate of drug-likeness (QED) is 0.177. The summed E-state index contributed by atoms with van der Waals surface area (Å²) >= 11 is 5.76. The predicted octanol–water partition coefficient (Wildman–Crippen LogP) is 14.2. The topological polar surface area (TPSA) is 3.24 Å². The van der Waals surface area contributed by atoms with Crippen LogP contribution < -0.4 is 4.90 Å². The molecule has 0 fully saturated rings. The second kappa shape index (κ2) is 9.95. The number of rotatable bonds is 3. The van der Waals surface area contributed by atoms with Crippen molar-refractivity contribution in [2.45, 2.75) is 19.3 Å². The highest BCUT2D eigenvalue weighted by atomic mass is 32.1. The molecule has 0 atom stereocenters. The summed E-state index contributed by atoms with van der Waals surface area (Å²) in [5.74, 6) is 0. The first-order valence-corrected chi connectivity index (χ1v) is 20.1. The second-order valence-corrected chi connectivity index (χ2v) is 17.1. The van der Waals surface area contributed by atoms with Crippen LogP contribution in [0.3, 0.4) is 0 Å². The van der Waals surface area contributed by atoms with Gasteiger partial charge in [0.2, 0.25) is 0 Å². The molecule has 0 amide bonds. The minimum Gasteiger partial charge on any atom is -0.309 e. The van der Waals surface area contributed by atoms with Crippen LogP contribution in [0.2, 0.25) is 0 Å². The van der Waals surface area contributed by atoms with E-state index in [4.69, 9.17) is 0 Å². The Labute approximate surface area is 308 Å². The fourth-order valence-electron chi connectivity index (χ4n) is 9.52. The summed E-state index contributed by atoms with van der Waals surface area (Å²) in [7, 11) is 0. The normalized spacial score (nSPS) is 14.2. The monoisotopic (exact) mass is 703 g/mol. The van der Waals surface area contributed by atoms with Gasteiger partial charge >= 0.3 is 0 Å². The molecule has 3 heterocycles. The lowest BCUT2D eigenvalue weighted by molar-refractivity contribution is 0.779. The van der Waals surface area contributed by atoms with Crippen molar-refractivity contribution in [3.63, 3.8) is 0 Å². The lowest BCUT2D eigenvalue weighted by atomic mass is 9.61. The molecule has 1 spiro atoms.